The van der Waals surface area contributed by atoms with Gasteiger partial charge in [-0.05, 0) is 39.0 Å². The second kappa shape index (κ2) is 15.8. The molecule has 0 aromatic carbocycles. The predicted octanol–water partition coefficient (Wildman–Crippen LogP) is 4.96. The zero-order valence-corrected chi connectivity index (χ0v) is 24.3. The molecule has 1 heterocycles. The fourth-order valence-electron chi connectivity index (χ4n) is 3.04. The van der Waals surface area contributed by atoms with Gasteiger partial charge in [-0.3, -0.25) is 0 Å². The Kier molecular flexibility index (Phi) is 17.8. The average molecular weight is 685 g/mol. The molecule has 1 aliphatic rings. The molecule has 37 heavy (non-hydrogen) atoms. The summed E-state index contributed by atoms with van der Waals surface area (Å²) in [7, 11) is -13.3. The van der Waals surface area contributed by atoms with Gasteiger partial charge in [0.15, 0.2) is 20.2 Å². The van der Waals surface area contributed by atoms with Gasteiger partial charge >= 0.3 is 22.9 Å². The van der Waals surface area contributed by atoms with Crippen LogP contribution in [0.25, 0.3) is 0 Å². The van der Waals surface area contributed by atoms with E-state index in [1.54, 1.807) is 0 Å². The summed E-state index contributed by atoms with van der Waals surface area (Å²) >= 11 is 0. The monoisotopic (exact) mass is 685 g/mol. The van der Waals surface area contributed by atoms with Crippen LogP contribution < -0.4 is 0 Å². The van der Waals surface area contributed by atoms with Crippen LogP contribution in [0.1, 0.15) is 58.8 Å². The van der Waals surface area contributed by atoms with Crippen LogP contribution in [0.3, 0.4) is 0 Å². The molecule has 0 spiro atoms. The third-order valence-electron chi connectivity index (χ3n) is 5.21. The van der Waals surface area contributed by atoms with E-state index in [0.717, 1.165) is 0 Å². The fraction of sp³-hybridized carbons (Fsp3) is 1.00. The molecule has 1 rings (SSSR count). The van der Waals surface area contributed by atoms with Crippen molar-refractivity contribution < 1.29 is 107 Å². The number of likely N-dealkylation sites (tertiary alicyclic amines) is 1. The zero-order chi connectivity index (χ0) is 29.3. The van der Waals surface area contributed by atoms with Gasteiger partial charge in [0.05, 0.1) is 26.2 Å². The van der Waals surface area contributed by atoms with Crippen molar-refractivity contribution in [1.29, 1.82) is 0 Å². The van der Waals surface area contributed by atoms with Crippen molar-refractivity contribution in [2.75, 3.05) is 26.2 Å². The van der Waals surface area contributed by atoms with Crippen LogP contribution in [-0.2, 0) is 52.9 Å². The number of piperidine rings is 1. The smallest absolute Gasteiger partial charge is 0.468 e. The Morgan fingerprint density at radius 2 is 1.00 bits per heavy atom. The van der Waals surface area contributed by atoms with E-state index in [1.807, 2.05) is 0 Å². The number of hydrogen-bond acceptors (Lipinski definition) is 6. The molecule has 0 saturated carbocycles. The Morgan fingerprint density at radius 3 is 1.22 bits per heavy atom. The maximum Gasteiger partial charge on any atom is 0.468 e. The van der Waals surface area contributed by atoms with Crippen LogP contribution in [0.5, 0.6) is 0 Å². The molecule has 1 radical (unpaired) electrons. The first-order valence-electron chi connectivity index (χ1n) is 10.5. The average Bonchev–Trinajstić information content (AvgIpc) is 2.70. The molecule has 0 bridgehead atoms. The number of halogens is 10. The number of alkyl halides is 10. The number of nitrogens with zero attached hydrogens (tertiary/aromatic N) is 1. The molecule has 0 aromatic heterocycles. The van der Waals surface area contributed by atoms with Crippen LogP contribution in [0.4, 0.5) is 43.9 Å². The first-order chi connectivity index (χ1) is 15.8. The Labute approximate surface area is 234 Å². The molecule has 0 aromatic rings. The normalized spacial score (nSPS) is 16.9. The van der Waals surface area contributed by atoms with Crippen molar-refractivity contribution in [3.63, 3.8) is 0 Å². The third-order valence-corrected chi connectivity index (χ3v) is 6.93. The molecule has 20 heteroatoms. The van der Waals surface area contributed by atoms with E-state index in [1.165, 1.54) is 75.6 Å². The minimum atomic E-state index is -6.67. The molecule has 1 fully saturated rings. The molecule has 1 saturated heterocycles. The largest absolute Gasteiger partial charge is 0.743 e. The first kappa shape index (κ1) is 41.7. The van der Waals surface area contributed by atoms with Crippen LogP contribution in [0.2, 0.25) is 0 Å². The summed E-state index contributed by atoms with van der Waals surface area (Å²) in [5.41, 5.74) is 0. The van der Waals surface area contributed by atoms with Crippen molar-refractivity contribution in [2.24, 2.45) is 0 Å². The third kappa shape index (κ3) is 13.4. The predicted molar refractivity (Wildman–Crippen MR) is 105 cm³/mol. The molecule has 223 valence electrons. The number of rotatable bonds is 8. The number of hydrogen-bond donors (Lipinski definition) is 0. The summed E-state index contributed by atoms with van der Waals surface area (Å²) in [5, 5.41) is -12.4. The van der Waals surface area contributed by atoms with E-state index in [9.17, 15) is 69.8 Å². The van der Waals surface area contributed by atoms with E-state index in [4.69, 9.17) is 0 Å². The maximum absolute atomic E-state index is 11.4. The standard InChI is InChI=1S/C13H28N.2C2HF5O3S.Y/c1-3-5-6-8-11-14(4-2)12-9-7-10-13-14;2*3-1(4,5)2(6,7)11(8,9)10;/h3-13H2,1-2H3;2*(H,8,9,10);/q+1;;;/p-2. The van der Waals surface area contributed by atoms with Gasteiger partial charge in [-0.25, -0.2) is 16.8 Å². The van der Waals surface area contributed by atoms with Crippen LogP contribution in [0, 0.1) is 0 Å². The molecular weight excluding hydrogens is 657 g/mol. The van der Waals surface area contributed by atoms with Gasteiger partial charge < -0.3 is 13.6 Å². The molecular formula is C17H28F10NO6S2Y-. The van der Waals surface area contributed by atoms with Gasteiger partial charge in [-0.15, -0.1) is 0 Å². The number of unbranched alkanes of at least 4 members (excludes halogenated alkanes) is 3. The van der Waals surface area contributed by atoms with Gasteiger partial charge in [0.1, 0.15) is 0 Å². The van der Waals surface area contributed by atoms with Gasteiger partial charge in [0.2, 0.25) is 0 Å². The molecule has 0 atom stereocenters. The summed E-state index contributed by atoms with van der Waals surface area (Å²) in [6.45, 7) is 10.4. The van der Waals surface area contributed by atoms with Crippen LogP contribution in [-0.4, -0.2) is 79.5 Å². The van der Waals surface area contributed by atoms with Gasteiger partial charge in [0.25, 0.3) is 0 Å². The van der Waals surface area contributed by atoms with Crippen LogP contribution in [0.15, 0.2) is 0 Å². The van der Waals surface area contributed by atoms with E-state index in [2.05, 4.69) is 13.8 Å². The van der Waals surface area contributed by atoms with E-state index in [-0.39, 0.29) is 32.7 Å². The molecule has 0 aliphatic carbocycles. The summed E-state index contributed by atoms with van der Waals surface area (Å²) in [4.78, 5) is 0. The maximum atomic E-state index is 11.4. The summed E-state index contributed by atoms with van der Waals surface area (Å²) < 4.78 is 169. The van der Waals surface area contributed by atoms with E-state index in [0.29, 0.717) is 0 Å². The summed E-state index contributed by atoms with van der Waals surface area (Å²) in [5.74, 6) is 0. The minimum absolute atomic E-state index is 0. The van der Waals surface area contributed by atoms with Crippen molar-refractivity contribution in [1.82, 2.24) is 0 Å². The van der Waals surface area contributed by atoms with Crippen molar-refractivity contribution in [3.05, 3.63) is 0 Å². The van der Waals surface area contributed by atoms with Crippen molar-refractivity contribution in [2.45, 2.75) is 81.7 Å². The Hall–Kier alpha value is 0.184. The topological polar surface area (TPSA) is 114 Å². The minimum Gasteiger partial charge on any atom is -0.743 e. The van der Waals surface area contributed by atoms with Gasteiger partial charge in [-0.1, -0.05) is 19.8 Å². The SMILES string of the molecule is CCCCCC[N+]1(CC)CCCCC1.O=S(=O)([O-])C(F)(F)C(F)(F)F.O=S(=O)([O-])C(F)(F)C(F)(F)F.[Y]. The Balaban J connectivity index is -0.000000468. The molecule has 7 nitrogen and oxygen atoms in total. The Bertz CT molecular complexity index is 805. The zero-order valence-electron chi connectivity index (χ0n) is 19.8. The second-order valence-electron chi connectivity index (χ2n) is 7.89. The van der Waals surface area contributed by atoms with Crippen LogP contribution >= 0.6 is 0 Å². The quantitative estimate of drug-likeness (QED) is 0.155. The van der Waals surface area contributed by atoms with Crippen molar-refractivity contribution in [3.8, 4) is 0 Å². The van der Waals surface area contributed by atoms with Gasteiger partial charge in [0, 0.05) is 32.7 Å². The van der Waals surface area contributed by atoms with Crippen molar-refractivity contribution >= 4 is 20.2 Å². The van der Waals surface area contributed by atoms with E-state index < -0.39 is 43.1 Å². The first-order valence-corrected chi connectivity index (χ1v) is 13.3. The molecule has 0 unspecified atom stereocenters. The van der Waals surface area contributed by atoms with Gasteiger partial charge in [-0.2, -0.15) is 43.9 Å². The number of quaternary nitrogens is 1. The molecule has 1 aliphatic heterocycles. The second-order valence-corrected chi connectivity index (χ2v) is 10.7. The molecule has 0 N–H and O–H groups in total. The molecule has 0 amide bonds. The summed E-state index contributed by atoms with van der Waals surface area (Å²) in [6.07, 6.45) is -2.56. The fourth-order valence-corrected chi connectivity index (χ4v) is 3.61. The summed E-state index contributed by atoms with van der Waals surface area (Å²) in [6, 6.07) is 0. The van der Waals surface area contributed by atoms with E-state index >= 15 is 0 Å². The Morgan fingerprint density at radius 1 is 0.649 bits per heavy atom.